The number of carbonyl (C=O) groups is 3. The van der Waals surface area contributed by atoms with Crippen LogP contribution in [0.1, 0.15) is 33.1 Å². The van der Waals surface area contributed by atoms with Crippen LogP contribution in [0.25, 0.3) is 0 Å². The van der Waals surface area contributed by atoms with E-state index in [0.717, 1.165) is 6.42 Å². The van der Waals surface area contributed by atoms with Gasteiger partial charge in [-0.1, -0.05) is 12.1 Å². The maximum Gasteiger partial charge on any atom is 0.353 e. The van der Waals surface area contributed by atoms with Crippen LogP contribution in [0, 0.1) is 0 Å². The van der Waals surface area contributed by atoms with Crippen LogP contribution in [-0.2, 0) is 19.2 Å². The summed E-state index contributed by atoms with van der Waals surface area (Å²) in [5.41, 5.74) is -0.181. The quantitative estimate of drug-likeness (QED) is 0.590. The van der Waals surface area contributed by atoms with E-state index in [4.69, 9.17) is 9.94 Å². The van der Waals surface area contributed by atoms with E-state index in [1.165, 1.54) is 0 Å². The standard InChI is InChI=1S/C12H19N3O5/c1-3-7(2)14-10(16)4-5-13-11(17)9-6-8(12(18)19)15-20-9/h7,9H,3-6H2,1-2H3,(H,13,17)(H,14,16)(H,18,19). The summed E-state index contributed by atoms with van der Waals surface area (Å²) in [6.45, 7) is 4.03. The first kappa shape index (κ1) is 15.9. The van der Waals surface area contributed by atoms with E-state index in [-0.39, 0.29) is 37.0 Å². The molecule has 2 unspecified atom stereocenters. The molecule has 8 heteroatoms. The Morgan fingerprint density at radius 2 is 2.20 bits per heavy atom. The van der Waals surface area contributed by atoms with Crippen LogP contribution >= 0.6 is 0 Å². The fourth-order valence-electron chi connectivity index (χ4n) is 1.51. The highest BCUT2D eigenvalue weighted by molar-refractivity contribution is 6.36. The molecule has 0 spiro atoms. The molecule has 0 aromatic heterocycles. The van der Waals surface area contributed by atoms with Crippen LogP contribution in [0.4, 0.5) is 0 Å². The van der Waals surface area contributed by atoms with Crippen molar-refractivity contribution in [2.24, 2.45) is 5.16 Å². The van der Waals surface area contributed by atoms with Crippen molar-refractivity contribution in [1.29, 1.82) is 0 Å². The Bertz CT molecular complexity index is 421. The van der Waals surface area contributed by atoms with Crippen molar-refractivity contribution in [1.82, 2.24) is 10.6 Å². The summed E-state index contributed by atoms with van der Waals surface area (Å²) in [6.07, 6.45) is -0.00218. The number of carbonyl (C=O) groups excluding carboxylic acids is 2. The molecule has 0 aromatic carbocycles. The first-order valence-electron chi connectivity index (χ1n) is 6.47. The Kier molecular flexibility index (Phi) is 5.95. The summed E-state index contributed by atoms with van der Waals surface area (Å²) >= 11 is 0. The van der Waals surface area contributed by atoms with E-state index in [1.807, 2.05) is 13.8 Å². The number of rotatable bonds is 7. The van der Waals surface area contributed by atoms with Crippen LogP contribution in [0.5, 0.6) is 0 Å². The molecule has 2 amide bonds. The third kappa shape index (κ3) is 4.87. The van der Waals surface area contributed by atoms with Crippen molar-refractivity contribution in [3.05, 3.63) is 0 Å². The highest BCUT2D eigenvalue weighted by Gasteiger charge is 2.31. The van der Waals surface area contributed by atoms with Crippen molar-refractivity contribution in [3.8, 4) is 0 Å². The average Bonchev–Trinajstić information content (AvgIpc) is 2.88. The minimum Gasteiger partial charge on any atom is -0.477 e. The lowest BCUT2D eigenvalue weighted by Crippen LogP contribution is -2.39. The molecule has 20 heavy (non-hydrogen) atoms. The highest BCUT2D eigenvalue weighted by atomic mass is 16.6. The van der Waals surface area contributed by atoms with E-state index in [9.17, 15) is 14.4 Å². The number of aliphatic carboxylic acids is 1. The number of nitrogens with zero attached hydrogens (tertiary/aromatic N) is 1. The molecule has 112 valence electrons. The van der Waals surface area contributed by atoms with Crippen LogP contribution in [0.2, 0.25) is 0 Å². The summed E-state index contributed by atoms with van der Waals surface area (Å²) < 4.78 is 0. The number of hydrogen-bond acceptors (Lipinski definition) is 5. The second kappa shape index (κ2) is 7.46. The number of carboxylic acid groups (broad SMARTS) is 1. The predicted octanol–water partition coefficient (Wildman–Crippen LogP) is -0.363. The zero-order valence-corrected chi connectivity index (χ0v) is 11.5. The fourth-order valence-corrected chi connectivity index (χ4v) is 1.51. The van der Waals surface area contributed by atoms with Gasteiger partial charge in [-0.25, -0.2) is 4.79 Å². The van der Waals surface area contributed by atoms with Crippen molar-refractivity contribution in [2.75, 3.05) is 6.54 Å². The lowest BCUT2D eigenvalue weighted by Gasteiger charge is -2.12. The third-order valence-corrected chi connectivity index (χ3v) is 2.88. The number of carboxylic acids is 1. The first-order chi connectivity index (χ1) is 9.43. The van der Waals surface area contributed by atoms with Gasteiger partial charge in [-0.15, -0.1) is 0 Å². The van der Waals surface area contributed by atoms with Gasteiger partial charge in [-0.05, 0) is 13.3 Å². The monoisotopic (exact) mass is 285 g/mol. The van der Waals surface area contributed by atoms with Crippen molar-refractivity contribution < 1.29 is 24.3 Å². The molecule has 0 aliphatic carbocycles. The van der Waals surface area contributed by atoms with E-state index in [1.54, 1.807) is 0 Å². The molecule has 0 fully saturated rings. The third-order valence-electron chi connectivity index (χ3n) is 2.88. The lowest BCUT2D eigenvalue weighted by molar-refractivity contribution is -0.131. The number of hydrogen-bond donors (Lipinski definition) is 3. The van der Waals surface area contributed by atoms with Gasteiger partial charge in [0.1, 0.15) is 0 Å². The van der Waals surface area contributed by atoms with E-state index in [2.05, 4.69) is 15.8 Å². The van der Waals surface area contributed by atoms with Crippen LogP contribution < -0.4 is 10.6 Å². The molecule has 8 nitrogen and oxygen atoms in total. The molecule has 0 aromatic rings. The zero-order chi connectivity index (χ0) is 15.1. The molecular formula is C12H19N3O5. The van der Waals surface area contributed by atoms with Crippen LogP contribution in [0.3, 0.4) is 0 Å². The van der Waals surface area contributed by atoms with E-state index in [0.29, 0.717) is 0 Å². The topological polar surface area (TPSA) is 117 Å². The molecule has 0 saturated carbocycles. The van der Waals surface area contributed by atoms with E-state index >= 15 is 0 Å². The summed E-state index contributed by atoms with van der Waals surface area (Å²) in [5, 5.41) is 17.3. The molecule has 0 saturated heterocycles. The highest BCUT2D eigenvalue weighted by Crippen LogP contribution is 2.10. The second-order valence-electron chi connectivity index (χ2n) is 4.56. The van der Waals surface area contributed by atoms with E-state index < -0.39 is 18.0 Å². The van der Waals surface area contributed by atoms with Gasteiger partial charge in [0.15, 0.2) is 5.71 Å². The normalized spacial score (nSPS) is 18.7. The molecule has 3 N–H and O–H groups in total. The van der Waals surface area contributed by atoms with Gasteiger partial charge in [0.25, 0.3) is 5.91 Å². The lowest BCUT2D eigenvalue weighted by atomic mass is 10.1. The van der Waals surface area contributed by atoms with Crippen molar-refractivity contribution in [3.63, 3.8) is 0 Å². The van der Waals surface area contributed by atoms with Crippen molar-refractivity contribution in [2.45, 2.75) is 45.3 Å². The summed E-state index contributed by atoms with van der Waals surface area (Å²) in [6, 6.07) is 0.0999. The summed E-state index contributed by atoms with van der Waals surface area (Å²) in [5.74, 6) is -1.82. The minimum absolute atomic E-state index is 0.0692. The Balaban J connectivity index is 2.22. The molecule has 0 bridgehead atoms. The Hall–Kier alpha value is -2.12. The number of nitrogens with one attached hydrogen (secondary N) is 2. The van der Waals surface area contributed by atoms with Gasteiger partial charge >= 0.3 is 5.97 Å². The average molecular weight is 285 g/mol. The van der Waals surface area contributed by atoms with Gasteiger partial charge in [0, 0.05) is 25.4 Å². The Labute approximate surface area is 116 Å². The molecule has 0 radical (unpaired) electrons. The summed E-state index contributed by atoms with van der Waals surface area (Å²) in [7, 11) is 0. The largest absolute Gasteiger partial charge is 0.477 e. The Morgan fingerprint density at radius 1 is 1.50 bits per heavy atom. The number of amides is 2. The predicted molar refractivity (Wildman–Crippen MR) is 70.1 cm³/mol. The molecule has 1 aliphatic rings. The maximum atomic E-state index is 11.6. The molecule has 1 heterocycles. The first-order valence-corrected chi connectivity index (χ1v) is 6.47. The van der Waals surface area contributed by atoms with Gasteiger partial charge in [-0.2, -0.15) is 0 Å². The van der Waals surface area contributed by atoms with Gasteiger partial charge in [0.05, 0.1) is 0 Å². The Morgan fingerprint density at radius 3 is 2.75 bits per heavy atom. The summed E-state index contributed by atoms with van der Waals surface area (Å²) in [4.78, 5) is 38.4. The molecule has 1 rings (SSSR count). The second-order valence-corrected chi connectivity index (χ2v) is 4.56. The van der Waals surface area contributed by atoms with Crippen LogP contribution in [-0.4, -0.2) is 47.3 Å². The van der Waals surface area contributed by atoms with Crippen molar-refractivity contribution >= 4 is 23.5 Å². The van der Waals surface area contributed by atoms with Gasteiger partial charge in [0.2, 0.25) is 12.0 Å². The molecule has 2 atom stereocenters. The maximum absolute atomic E-state index is 11.6. The zero-order valence-electron chi connectivity index (χ0n) is 11.5. The van der Waals surface area contributed by atoms with Gasteiger partial charge < -0.3 is 20.6 Å². The van der Waals surface area contributed by atoms with Crippen LogP contribution in [0.15, 0.2) is 5.16 Å². The smallest absolute Gasteiger partial charge is 0.353 e. The minimum atomic E-state index is -1.20. The number of oxime groups is 1. The SMILES string of the molecule is CCC(C)NC(=O)CCNC(=O)C1CC(C(=O)O)=NO1. The molecular weight excluding hydrogens is 266 g/mol. The fraction of sp³-hybridized carbons (Fsp3) is 0.667. The molecule has 1 aliphatic heterocycles. The van der Waals surface area contributed by atoms with Gasteiger partial charge in [-0.3, -0.25) is 9.59 Å².